The second-order valence-electron chi connectivity index (χ2n) is 1.76. The van der Waals surface area contributed by atoms with Gasteiger partial charge >= 0.3 is 0 Å². The van der Waals surface area contributed by atoms with Crippen LogP contribution in [0.1, 0.15) is 0 Å². The molecule has 0 aromatic carbocycles. The Labute approximate surface area is 56.5 Å². The minimum absolute atomic E-state index is 0.0331. The van der Waals surface area contributed by atoms with Gasteiger partial charge in [-0.05, 0) is 12.1 Å². The number of aromatic amines is 1. The topological polar surface area (TPSA) is 94.0 Å². The second kappa shape index (κ2) is 2.40. The molecular formula is C5H6N3O2-. The molecule has 1 heterocycles. The fourth-order valence-electron chi connectivity index (χ4n) is 0.569. The molecule has 1 aromatic rings. The zero-order chi connectivity index (χ0) is 7.56. The summed E-state index contributed by atoms with van der Waals surface area (Å²) < 4.78 is 0. The molecule has 0 saturated carbocycles. The summed E-state index contributed by atoms with van der Waals surface area (Å²) >= 11 is 0. The van der Waals surface area contributed by atoms with E-state index in [0.717, 1.165) is 0 Å². The van der Waals surface area contributed by atoms with Crippen LogP contribution in [0.2, 0.25) is 0 Å². The summed E-state index contributed by atoms with van der Waals surface area (Å²) in [6.07, 6.45) is 0. The maximum Gasteiger partial charge on any atom is 0.272 e. The third kappa shape index (κ3) is 1.08. The quantitative estimate of drug-likeness (QED) is 0.473. The number of rotatable bonds is 1. The number of nitrogens with two attached hydrogens (primary N) is 1. The first-order chi connectivity index (χ1) is 4.74. The lowest BCUT2D eigenvalue weighted by Crippen LogP contribution is -2.11. The van der Waals surface area contributed by atoms with Gasteiger partial charge in [-0.2, -0.15) is 0 Å². The third-order valence-electron chi connectivity index (χ3n) is 1.04. The van der Waals surface area contributed by atoms with Gasteiger partial charge in [0.1, 0.15) is 5.82 Å². The van der Waals surface area contributed by atoms with E-state index in [-0.39, 0.29) is 11.5 Å². The highest BCUT2D eigenvalue weighted by Crippen LogP contribution is 1.98. The molecule has 5 nitrogen and oxygen atoms in total. The zero-order valence-electron chi connectivity index (χ0n) is 5.05. The Morgan fingerprint density at radius 3 is 2.80 bits per heavy atom. The first kappa shape index (κ1) is 6.63. The van der Waals surface area contributed by atoms with Gasteiger partial charge in [0.2, 0.25) is 0 Å². The van der Waals surface area contributed by atoms with E-state index in [2.05, 4.69) is 4.98 Å². The van der Waals surface area contributed by atoms with Crippen LogP contribution >= 0.6 is 0 Å². The minimum Gasteiger partial charge on any atom is -0.761 e. The van der Waals surface area contributed by atoms with Crippen molar-refractivity contribution >= 4 is 11.5 Å². The summed E-state index contributed by atoms with van der Waals surface area (Å²) in [5.41, 5.74) is 6.13. The number of aromatic nitrogens is 1. The van der Waals surface area contributed by atoms with Crippen molar-refractivity contribution in [2.45, 2.75) is 0 Å². The van der Waals surface area contributed by atoms with Crippen LogP contribution in [0, 0.1) is 5.21 Å². The average Bonchev–Trinajstić information content (AvgIpc) is 1.88. The molecule has 0 radical (unpaired) electrons. The first-order valence-corrected chi connectivity index (χ1v) is 2.61. The molecule has 0 fully saturated rings. The molecule has 54 valence electrons. The molecule has 1 aromatic heterocycles. The third-order valence-corrected chi connectivity index (χ3v) is 1.04. The van der Waals surface area contributed by atoms with Crippen LogP contribution in [0.3, 0.4) is 0 Å². The summed E-state index contributed by atoms with van der Waals surface area (Å²) in [6.45, 7) is 0. The number of hydrogen-bond acceptors (Lipinski definition) is 4. The molecule has 0 amide bonds. The van der Waals surface area contributed by atoms with E-state index in [1.807, 2.05) is 0 Å². The van der Waals surface area contributed by atoms with Gasteiger partial charge in [-0.1, -0.05) is 0 Å². The molecule has 0 unspecified atom stereocenters. The molecule has 0 aliphatic carbocycles. The van der Waals surface area contributed by atoms with Gasteiger partial charge in [0, 0.05) is 0 Å². The van der Waals surface area contributed by atoms with Crippen molar-refractivity contribution < 1.29 is 0 Å². The predicted octanol–water partition coefficient (Wildman–Crippen LogP) is -0.133. The van der Waals surface area contributed by atoms with Crippen molar-refractivity contribution in [2.75, 3.05) is 11.2 Å². The minimum atomic E-state index is -0.505. The average molecular weight is 140 g/mol. The normalized spacial score (nSPS) is 9.30. The molecule has 5 heteroatoms. The lowest BCUT2D eigenvalue weighted by molar-refractivity contribution is 1.25. The number of H-pyrrole nitrogens is 1. The van der Waals surface area contributed by atoms with Gasteiger partial charge < -0.3 is 21.4 Å². The number of nitrogens with one attached hydrogen (secondary N) is 2. The van der Waals surface area contributed by atoms with Crippen LogP contribution in [-0.2, 0) is 0 Å². The van der Waals surface area contributed by atoms with Crippen LogP contribution < -0.4 is 16.8 Å². The van der Waals surface area contributed by atoms with Crippen LogP contribution in [0.15, 0.2) is 16.9 Å². The Kier molecular flexibility index (Phi) is 1.59. The SMILES string of the molecule is Nc1ccc(N[O-])c(=O)[nH]1. The summed E-state index contributed by atoms with van der Waals surface area (Å²) in [5.74, 6) is 0.240. The Morgan fingerprint density at radius 2 is 2.30 bits per heavy atom. The highest BCUT2D eigenvalue weighted by Gasteiger charge is 1.91. The standard InChI is InChI=1S/C5H6N3O2/c6-4-2-1-3(8-10)5(9)7-4/h1-2,8H,(H3,6,7,9)/q-1. The molecule has 0 spiro atoms. The number of pyridine rings is 1. The Morgan fingerprint density at radius 1 is 1.60 bits per heavy atom. The monoisotopic (exact) mass is 140 g/mol. The van der Waals surface area contributed by atoms with Crippen molar-refractivity contribution in [1.82, 2.24) is 4.98 Å². The van der Waals surface area contributed by atoms with Gasteiger partial charge in [-0.25, -0.2) is 0 Å². The highest BCUT2D eigenvalue weighted by atomic mass is 16.5. The number of nitrogen functional groups attached to an aromatic ring is 1. The van der Waals surface area contributed by atoms with E-state index < -0.39 is 5.56 Å². The van der Waals surface area contributed by atoms with Gasteiger partial charge in [-0.3, -0.25) is 4.79 Å². The summed E-state index contributed by atoms with van der Waals surface area (Å²) in [4.78, 5) is 12.9. The molecule has 0 bridgehead atoms. The van der Waals surface area contributed by atoms with E-state index >= 15 is 0 Å². The Bertz CT molecular complexity index is 280. The maximum absolute atomic E-state index is 10.7. The predicted molar refractivity (Wildman–Crippen MR) is 38.5 cm³/mol. The lowest BCUT2D eigenvalue weighted by Gasteiger charge is -2.06. The van der Waals surface area contributed by atoms with Crippen LogP contribution in [0.25, 0.3) is 0 Å². The van der Waals surface area contributed by atoms with E-state index in [9.17, 15) is 10.0 Å². The molecule has 4 N–H and O–H groups in total. The van der Waals surface area contributed by atoms with Gasteiger partial charge in [0.15, 0.2) is 0 Å². The van der Waals surface area contributed by atoms with Gasteiger partial charge in [0.25, 0.3) is 5.56 Å². The first-order valence-electron chi connectivity index (χ1n) is 2.61. The fourth-order valence-corrected chi connectivity index (χ4v) is 0.569. The van der Waals surface area contributed by atoms with Gasteiger partial charge in [-0.15, -0.1) is 0 Å². The fraction of sp³-hybridized carbons (Fsp3) is 0. The summed E-state index contributed by atoms with van der Waals surface area (Å²) in [5, 5.41) is 9.95. The van der Waals surface area contributed by atoms with E-state index in [0.29, 0.717) is 0 Å². The van der Waals surface area contributed by atoms with Crippen LogP contribution in [0.4, 0.5) is 11.5 Å². The van der Waals surface area contributed by atoms with E-state index in [1.54, 1.807) is 0 Å². The van der Waals surface area contributed by atoms with Crippen molar-refractivity contribution in [2.24, 2.45) is 0 Å². The van der Waals surface area contributed by atoms with Crippen LogP contribution in [-0.4, -0.2) is 4.98 Å². The zero-order valence-corrected chi connectivity index (χ0v) is 5.05. The summed E-state index contributed by atoms with van der Waals surface area (Å²) in [7, 11) is 0. The number of hydrogen-bond donors (Lipinski definition) is 3. The molecule has 10 heavy (non-hydrogen) atoms. The van der Waals surface area contributed by atoms with Crippen molar-refractivity contribution in [3.05, 3.63) is 27.7 Å². The van der Waals surface area contributed by atoms with Crippen LogP contribution in [0.5, 0.6) is 0 Å². The molecule has 0 saturated heterocycles. The Balaban J connectivity index is 3.20. The highest BCUT2D eigenvalue weighted by molar-refractivity contribution is 5.45. The number of anilines is 2. The van der Waals surface area contributed by atoms with E-state index in [1.165, 1.54) is 17.6 Å². The Hall–Kier alpha value is -1.49. The van der Waals surface area contributed by atoms with Crippen molar-refractivity contribution in [3.63, 3.8) is 0 Å². The molecule has 1 rings (SSSR count). The maximum atomic E-state index is 10.7. The molecule has 0 atom stereocenters. The summed E-state index contributed by atoms with van der Waals surface area (Å²) in [6, 6.07) is 2.75. The molecule has 0 aliphatic heterocycles. The molecule has 0 aliphatic rings. The second-order valence-corrected chi connectivity index (χ2v) is 1.76. The smallest absolute Gasteiger partial charge is 0.272 e. The van der Waals surface area contributed by atoms with Crippen molar-refractivity contribution in [3.8, 4) is 0 Å². The van der Waals surface area contributed by atoms with E-state index in [4.69, 9.17) is 5.73 Å². The molecular weight excluding hydrogens is 134 g/mol. The lowest BCUT2D eigenvalue weighted by atomic mass is 10.4. The van der Waals surface area contributed by atoms with Crippen molar-refractivity contribution in [1.29, 1.82) is 0 Å². The van der Waals surface area contributed by atoms with Gasteiger partial charge in [0.05, 0.1) is 5.69 Å². The largest absolute Gasteiger partial charge is 0.761 e.